The molecule has 4 N–H and O–H groups in total. The average molecular weight is 389 g/mol. The number of thioether (sulfide) groups is 1. The molecule has 1 amide bonds. The molecular weight excluding hydrogens is 370 g/mol. The Morgan fingerprint density at radius 3 is 2.59 bits per heavy atom. The Labute approximate surface area is 159 Å². The number of carboxylic acids is 2. The van der Waals surface area contributed by atoms with Gasteiger partial charge in [0.15, 0.2) is 0 Å². The van der Waals surface area contributed by atoms with Crippen LogP contribution >= 0.6 is 11.8 Å². The molecule has 0 radical (unpaired) electrons. The molecule has 0 bridgehead atoms. The van der Waals surface area contributed by atoms with Gasteiger partial charge in [-0.25, -0.2) is 4.79 Å². The lowest BCUT2D eigenvalue weighted by atomic mass is 10.0. The van der Waals surface area contributed by atoms with Gasteiger partial charge in [0.2, 0.25) is 5.91 Å². The van der Waals surface area contributed by atoms with E-state index in [1.165, 1.54) is 0 Å². The monoisotopic (exact) mass is 389 g/mol. The zero-order valence-corrected chi connectivity index (χ0v) is 15.2. The number of aromatic amines is 1. The van der Waals surface area contributed by atoms with E-state index in [0.29, 0.717) is 29.7 Å². The second kappa shape index (κ2) is 8.28. The van der Waals surface area contributed by atoms with E-state index in [-0.39, 0.29) is 0 Å². The van der Waals surface area contributed by atoms with Gasteiger partial charge in [-0.15, -0.1) is 0 Å². The number of aromatic nitrogens is 1. The topological polar surface area (TPSA) is 123 Å². The van der Waals surface area contributed by atoms with Crippen LogP contribution in [-0.4, -0.2) is 62.5 Å². The van der Waals surface area contributed by atoms with Gasteiger partial charge in [-0.1, -0.05) is 0 Å². The minimum atomic E-state index is -1.21. The predicted octanol–water partition coefficient (Wildman–Crippen LogP) is 1.92. The molecule has 0 spiro atoms. The summed E-state index contributed by atoms with van der Waals surface area (Å²) in [5.74, 6) is -0.914. The van der Waals surface area contributed by atoms with Crippen LogP contribution < -0.4 is 5.32 Å². The minimum Gasteiger partial charge on any atom is -0.480 e. The van der Waals surface area contributed by atoms with Crippen molar-refractivity contribution in [1.82, 2.24) is 9.88 Å². The van der Waals surface area contributed by atoms with Gasteiger partial charge in [-0.2, -0.15) is 11.8 Å². The highest BCUT2D eigenvalue weighted by Gasteiger charge is 2.30. The van der Waals surface area contributed by atoms with E-state index in [2.05, 4.69) is 10.3 Å². The Bertz CT molecular complexity index is 902. The van der Waals surface area contributed by atoms with Crippen molar-refractivity contribution in [3.63, 3.8) is 0 Å². The average Bonchev–Trinajstić information content (AvgIpc) is 3.04. The van der Waals surface area contributed by atoms with Crippen LogP contribution in [0.2, 0.25) is 0 Å². The number of hydrogen-bond acceptors (Lipinski definition) is 5. The number of benzene rings is 1. The van der Waals surface area contributed by atoms with Crippen LogP contribution in [0.5, 0.6) is 0 Å². The van der Waals surface area contributed by atoms with Gasteiger partial charge in [0.05, 0.1) is 0 Å². The number of aliphatic carboxylic acids is 2. The van der Waals surface area contributed by atoms with Gasteiger partial charge >= 0.3 is 11.9 Å². The van der Waals surface area contributed by atoms with Crippen LogP contribution in [0.4, 0.5) is 5.69 Å². The molecule has 8 nitrogen and oxygen atoms in total. The second-order valence-corrected chi connectivity index (χ2v) is 7.28. The molecule has 9 heteroatoms. The number of nitrogens with one attached hydrogen (secondary N) is 2. The summed E-state index contributed by atoms with van der Waals surface area (Å²) in [4.78, 5) is 39.3. The van der Waals surface area contributed by atoms with E-state index in [4.69, 9.17) is 5.11 Å². The molecule has 27 heavy (non-hydrogen) atoms. The van der Waals surface area contributed by atoms with Crippen molar-refractivity contribution >= 4 is 46.2 Å². The Morgan fingerprint density at radius 2 is 1.93 bits per heavy atom. The summed E-state index contributed by atoms with van der Waals surface area (Å²) in [6.07, 6.45) is 3.38. The normalized spacial score (nSPS) is 16.4. The van der Waals surface area contributed by atoms with E-state index < -0.39 is 23.9 Å². The van der Waals surface area contributed by atoms with Gasteiger partial charge in [-0.3, -0.25) is 14.5 Å². The molecule has 1 fully saturated rings. The van der Waals surface area contributed by atoms with Crippen molar-refractivity contribution in [3.05, 3.63) is 42.1 Å². The van der Waals surface area contributed by atoms with Crippen molar-refractivity contribution in [2.24, 2.45) is 0 Å². The number of nitrogens with zero attached hydrogens (tertiary/aromatic N) is 1. The molecular formula is C18H19N3O5S. The summed E-state index contributed by atoms with van der Waals surface area (Å²) in [6.45, 7) is 1.40. The highest BCUT2D eigenvalue weighted by Crippen LogP contribution is 2.32. The van der Waals surface area contributed by atoms with E-state index in [1.54, 1.807) is 36.2 Å². The molecule has 1 aromatic heterocycles. The lowest BCUT2D eigenvalue weighted by molar-refractivity contribution is -0.143. The number of carbonyl (C=O) groups is 3. The number of carboxylic acid groups (broad SMARTS) is 2. The molecule has 0 aliphatic carbocycles. The largest absolute Gasteiger partial charge is 0.480 e. The second-order valence-electron chi connectivity index (χ2n) is 6.05. The molecule has 2 aromatic rings. The van der Waals surface area contributed by atoms with Crippen molar-refractivity contribution in [2.45, 2.75) is 6.04 Å². The maximum Gasteiger partial charge on any atom is 0.328 e. The van der Waals surface area contributed by atoms with Gasteiger partial charge in [0, 0.05) is 65.1 Å². The third-order valence-corrected chi connectivity index (χ3v) is 5.24. The fourth-order valence-electron chi connectivity index (χ4n) is 3.10. The first kappa shape index (κ1) is 19.0. The highest BCUT2D eigenvalue weighted by atomic mass is 32.2. The molecule has 0 saturated carbocycles. The Morgan fingerprint density at radius 1 is 1.19 bits per heavy atom. The van der Waals surface area contributed by atoms with Gasteiger partial charge in [0.1, 0.15) is 6.04 Å². The molecule has 1 atom stereocenters. The summed E-state index contributed by atoms with van der Waals surface area (Å²) in [5.41, 5.74) is 1.87. The summed E-state index contributed by atoms with van der Waals surface area (Å²) in [7, 11) is 0. The van der Waals surface area contributed by atoms with Crippen LogP contribution in [0, 0.1) is 0 Å². The summed E-state index contributed by atoms with van der Waals surface area (Å²) in [6, 6.07) is 4.35. The molecule has 2 heterocycles. The van der Waals surface area contributed by atoms with Crippen LogP contribution in [-0.2, 0) is 14.4 Å². The maximum atomic E-state index is 12.0. The third kappa shape index (κ3) is 4.50. The van der Waals surface area contributed by atoms with Crippen molar-refractivity contribution in [2.75, 3.05) is 29.9 Å². The molecule has 1 saturated heterocycles. The van der Waals surface area contributed by atoms with E-state index in [0.717, 1.165) is 29.2 Å². The van der Waals surface area contributed by atoms with Gasteiger partial charge in [0.25, 0.3) is 0 Å². The minimum absolute atomic E-state index is 0.460. The van der Waals surface area contributed by atoms with Crippen LogP contribution in [0.25, 0.3) is 10.9 Å². The molecule has 3 rings (SSSR count). The highest BCUT2D eigenvalue weighted by molar-refractivity contribution is 7.99. The number of fused-ring (bicyclic) bond motifs is 1. The molecule has 0 unspecified atom stereocenters. The lowest BCUT2D eigenvalue weighted by Crippen LogP contribution is -2.39. The molecule has 1 aromatic carbocycles. The standard InChI is InChI=1S/C18H19N3O5S/c22-15(3-4-16(23)24)20-11-1-2-14-12(9-11)13(10-19-14)17(18(25)26)21-5-7-27-8-6-21/h1-4,9-10,17,19H,5-8H2,(H,20,22)(H,23,24)(H,25,26)/b4-3+/t17-/m0/s1. The van der Waals surface area contributed by atoms with Crippen molar-refractivity contribution < 1.29 is 24.6 Å². The first-order valence-corrected chi connectivity index (χ1v) is 9.49. The number of amides is 1. The van der Waals surface area contributed by atoms with Crippen molar-refractivity contribution in [3.8, 4) is 0 Å². The fourth-order valence-corrected chi connectivity index (χ4v) is 4.03. The number of rotatable bonds is 6. The van der Waals surface area contributed by atoms with Crippen LogP contribution in [0.15, 0.2) is 36.5 Å². The Hall–Kier alpha value is -2.78. The number of hydrogen-bond donors (Lipinski definition) is 4. The Balaban J connectivity index is 1.90. The van der Waals surface area contributed by atoms with Crippen molar-refractivity contribution in [1.29, 1.82) is 0 Å². The lowest BCUT2D eigenvalue weighted by Gasteiger charge is -2.31. The van der Waals surface area contributed by atoms with Crippen LogP contribution in [0.3, 0.4) is 0 Å². The molecule has 1 aliphatic heterocycles. The van der Waals surface area contributed by atoms with Crippen LogP contribution in [0.1, 0.15) is 11.6 Å². The zero-order valence-electron chi connectivity index (χ0n) is 14.3. The molecule has 142 valence electrons. The number of anilines is 1. The summed E-state index contributed by atoms with van der Waals surface area (Å²) in [5, 5.41) is 21.7. The van der Waals surface area contributed by atoms with E-state index >= 15 is 0 Å². The third-order valence-electron chi connectivity index (χ3n) is 4.30. The quantitative estimate of drug-likeness (QED) is 0.557. The number of H-pyrrole nitrogens is 1. The predicted molar refractivity (Wildman–Crippen MR) is 103 cm³/mol. The van der Waals surface area contributed by atoms with E-state index in [1.807, 2.05) is 4.90 Å². The van der Waals surface area contributed by atoms with Gasteiger partial charge < -0.3 is 20.5 Å². The fraction of sp³-hybridized carbons (Fsp3) is 0.278. The maximum absolute atomic E-state index is 12.0. The zero-order chi connectivity index (χ0) is 19.4. The Kier molecular flexibility index (Phi) is 5.82. The summed E-state index contributed by atoms with van der Waals surface area (Å²) >= 11 is 1.81. The smallest absolute Gasteiger partial charge is 0.328 e. The first-order chi connectivity index (χ1) is 13.0. The SMILES string of the molecule is O=C(O)/C=C/C(=O)Nc1ccc2[nH]cc([C@@H](C(=O)O)N3CCSCC3)c2c1. The molecule has 1 aliphatic rings. The van der Waals surface area contributed by atoms with E-state index in [9.17, 15) is 19.5 Å². The number of carbonyl (C=O) groups excluding carboxylic acids is 1. The summed E-state index contributed by atoms with van der Waals surface area (Å²) < 4.78 is 0. The first-order valence-electron chi connectivity index (χ1n) is 8.33. The van der Waals surface area contributed by atoms with Gasteiger partial charge in [-0.05, 0) is 18.2 Å².